The lowest BCUT2D eigenvalue weighted by Gasteiger charge is -2.35. The van der Waals surface area contributed by atoms with E-state index >= 15 is 0 Å². The van der Waals surface area contributed by atoms with Crippen LogP contribution in [0.1, 0.15) is 163 Å². The molecule has 19 rings (SSSR count). The van der Waals surface area contributed by atoms with Gasteiger partial charge in [0.05, 0.1) is 98.3 Å². The second-order valence-electron chi connectivity index (χ2n) is 28.8. The van der Waals surface area contributed by atoms with E-state index in [4.69, 9.17) is 10.7 Å². The summed E-state index contributed by atoms with van der Waals surface area (Å²) in [6.45, 7) is 15.9. The van der Waals surface area contributed by atoms with Crippen LogP contribution in [0, 0.1) is 6.92 Å². The SMILES string of the molecule is C[C@H](c1ccccc1)N1Cc2c(cc3c(c2CO)C=NC3)CC1=O.C[C@H](c1ccccc1)N1Cc2cc3c(N)n[nH]c3cc2CC1=O.C[C@H](c1ccccc1)N1Cc2cc3c(cc2CC1=O)CN=C3N1CCc2ncsc2C1.Cc1cc(-c2n[nH]c3cc4c(cc23)CN([C@H](C)c2ccccc2)C(=O)C4)ccn1. The minimum atomic E-state index is -0.0146. The molecule has 107 heavy (non-hydrogen) atoms. The Balaban J connectivity index is 0.000000110. The topological polar surface area (TPSA) is 239 Å². The molecule has 20 heteroatoms. The van der Waals surface area contributed by atoms with Crippen LogP contribution in [0.2, 0.25) is 0 Å². The number of nitrogens with one attached hydrogen (secondary N) is 2. The minimum absolute atomic E-state index is 0.0142. The molecule has 8 aromatic carbocycles. The number of rotatable bonds is 10. The first-order valence-corrected chi connectivity index (χ1v) is 37.7. The number of aliphatic imine (C=N–C) groups is 2. The zero-order valence-corrected chi connectivity index (χ0v) is 61.5. The van der Waals surface area contributed by atoms with Crippen molar-refractivity contribution in [2.24, 2.45) is 9.98 Å². The molecule has 0 unspecified atom stereocenters. The number of aliphatic hydroxyl groups is 1. The molecule has 12 aromatic rings. The Kier molecular flexibility index (Phi) is 19.3. The van der Waals surface area contributed by atoms with Crippen LogP contribution < -0.4 is 5.73 Å². The molecule has 0 saturated carbocycles. The van der Waals surface area contributed by atoms with Crippen LogP contribution in [0.5, 0.6) is 0 Å². The number of nitrogens with two attached hydrogens (primary N) is 1. The average molecular weight is 1440 g/mol. The number of hydrogen-bond donors (Lipinski definition) is 4. The molecule has 0 spiro atoms. The third kappa shape index (κ3) is 13.9. The average Bonchev–Trinajstić information content (AvgIpc) is 1.74. The molecule has 0 aliphatic carbocycles. The van der Waals surface area contributed by atoms with Gasteiger partial charge in [-0.1, -0.05) is 133 Å². The van der Waals surface area contributed by atoms with Crippen LogP contribution in [0.3, 0.4) is 0 Å². The molecular weight excluding hydrogens is 1350 g/mol. The summed E-state index contributed by atoms with van der Waals surface area (Å²) in [5.41, 5.74) is 33.1. The molecule has 4 aromatic heterocycles. The number of pyridine rings is 1. The van der Waals surface area contributed by atoms with Gasteiger partial charge < -0.3 is 35.3 Å². The van der Waals surface area contributed by atoms with E-state index in [1.807, 2.05) is 135 Å². The Morgan fingerprint density at radius 1 is 0.514 bits per heavy atom. The number of H-pyrrole nitrogens is 2. The summed E-state index contributed by atoms with van der Waals surface area (Å²) in [6, 6.07) is 59.8. The highest BCUT2D eigenvalue weighted by Crippen LogP contribution is 2.40. The van der Waals surface area contributed by atoms with E-state index in [1.54, 1.807) is 11.3 Å². The smallest absolute Gasteiger partial charge is 0.227 e. The summed E-state index contributed by atoms with van der Waals surface area (Å²) in [5, 5.41) is 26.5. The molecule has 0 bridgehead atoms. The van der Waals surface area contributed by atoms with Crippen molar-refractivity contribution in [1.82, 2.24) is 54.9 Å². The van der Waals surface area contributed by atoms with Gasteiger partial charge in [0.2, 0.25) is 23.6 Å². The van der Waals surface area contributed by atoms with Crippen molar-refractivity contribution in [1.29, 1.82) is 0 Å². The predicted molar refractivity (Wildman–Crippen MR) is 418 cm³/mol. The number of amidine groups is 1. The van der Waals surface area contributed by atoms with E-state index in [9.17, 15) is 24.3 Å². The number of nitrogen functional groups attached to an aromatic ring is 1. The van der Waals surface area contributed by atoms with Gasteiger partial charge in [-0.15, -0.1) is 11.3 Å². The van der Waals surface area contributed by atoms with Gasteiger partial charge in [-0.3, -0.25) is 44.3 Å². The second kappa shape index (κ2) is 29.7. The molecule has 4 amide bonds. The summed E-state index contributed by atoms with van der Waals surface area (Å²) in [5.74, 6) is 2.27. The number of carbonyl (C=O) groups is 4. The number of hydrogen-bond acceptors (Lipinski definition) is 14. The number of fused-ring (bicyclic) bond motifs is 9. The van der Waals surface area contributed by atoms with Crippen molar-refractivity contribution in [3.8, 4) is 11.3 Å². The summed E-state index contributed by atoms with van der Waals surface area (Å²) in [7, 11) is 0. The normalized spacial score (nSPS) is 16.5. The van der Waals surface area contributed by atoms with Gasteiger partial charge in [-0.25, -0.2) is 4.98 Å². The highest BCUT2D eigenvalue weighted by molar-refractivity contribution is 7.09. The van der Waals surface area contributed by atoms with E-state index in [0.717, 1.165) is 125 Å². The zero-order chi connectivity index (χ0) is 73.6. The highest BCUT2D eigenvalue weighted by Gasteiger charge is 2.36. The largest absolute Gasteiger partial charge is 0.392 e. The van der Waals surface area contributed by atoms with Gasteiger partial charge >= 0.3 is 0 Å². The Morgan fingerprint density at radius 2 is 1.01 bits per heavy atom. The van der Waals surface area contributed by atoms with E-state index in [0.29, 0.717) is 70.8 Å². The molecule has 0 fully saturated rings. The lowest BCUT2D eigenvalue weighted by atomic mass is 9.88. The molecule has 5 N–H and O–H groups in total. The molecule has 7 aliphatic rings. The number of aromatic nitrogens is 6. The van der Waals surface area contributed by atoms with Gasteiger partial charge in [0.1, 0.15) is 11.5 Å². The fourth-order valence-electron chi connectivity index (χ4n) is 16.2. The number of carbonyl (C=O) groups excluding carboxylic acids is 4. The third-order valence-electron chi connectivity index (χ3n) is 22.4. The first kappa shape index (κ1) is 69.6. The summed E-state index contributed by atoms with van der Waals surface area (Å²) < 4.78 is 0. The molecule has 0 radical (unpaired) electrons. The van der Waals surface area contributed by atoms with Crippen LogP contribution >= 0.6 is 11.3 Å². The van der Waals surface area contributed by atoms with Crippen LogP contribution in [0.15, 0.2) is 198 Å². The molecule has 7 aliphatic heterocycles. The number of benzene rings is 8. The monoisotopic (exact) mass is 1440 g/mol. The summed E-state index contributed by atoms with van der Waals surface area (Å²) in [6.07, 6.45) is 6.35. The van der Waals surface area contributed by atoms with Crippen molar-refractivity contribution in [3.63, 3.8) is 0 Å². The van der Waals surface area contributed by atoms with Crippen molar-refractivity contribution >= 4 is 74.6 Å². The first-order valence-electron chi connectivity index (χ1n) is 36.8. The van der Waals surface area contributed by atoms with Crippen molar-refractivity contribution in [2.45, 2.75) is 143 Å². The Bertz CT molecular complexity index is 5460. The van der Waals surface area contributed by atoms with E-state index in [2.05, 4.69) is 153 Å². The summed E-state index contributed by atoms with van der Waals surface area (Å²) >= 11 is 1.74. The fraction of sp³-hybridized carbons (Fsp3) is 0.264. The summed E-state index contributed by atoms with van der Waals surface area (Å²) in [4.78, 5) is 80.7. The molecule has 0 saturated heterocycles. The van der Waals surface area contributed by atoms with E-state index in [1.165, 1.54) is 44.0 Å². The number of anilines is 1. The Morgan fingerprint density at radius 3 is 1.56 bits per heavy atom. The van der Waals surface area contributed by atoms with Crippen molar-refractivity contribution in [2.75, 3.05) is 12.3 Å². The minimum Gasteiger partial charge on any atom is -0.392 e. The molecule has 4 atom stereocenters. The number of aromatic amines is 2. The maximum atomic E-state index is 13.0. The molecule has 11 heterocycles. The van der Waals surface area contributed by atoms with Crippen molar-refractivity contribution < 1.29 is 24.3 Å². The predicted octanol–water partition coefficient (Wildman–Crippen LogP) is 14.2. The molecular formula is C87H84N14O5S. The van der Waals surface area contributed by atoms with Crippen LogP contribution in [-0.2, 0) is 104 Å². The van der Waals surface area contributed by atoms with Crippen LogP contribution in [0.4, 0.5) is 5.82 Å². The van der Waals surface area contributed by atoms with Crippen LogP contribution in [-0.4, -0.2) is 102 Å². The first-order chi connectivity index (χ1) is 52.1. The standard InChI is InChI=1S/C25H24N4OS.C24H22N4O.C20H20N2O2.C18H18N4O/c1-16(17-5-3-2-4-6-17)29-13-20-10-21-19(9-18(20)11-24(29)30)12-26-25(21)28-8-7-22-23(14-28)31-15-27-22;1-15-10-18(8-9-25-15)24-21-11-20-14-28(16(2)17-6-4-3-5-7-17)23(29)13-19(20)12-22(21)26-27-24;1-13(14-5-3-2-4-6-14)22-11-18-15(8-20(22)24)7-16-9-21-10-17(16)19(18)12-23;1-11(12-5-3-2-4-6-12)22-10-14-7-15-16(20-21-18(15)19)8-13(14)9-17(22)23/h2-6,9-10,15-16H,7-8,11-14H2,1H3;3-12,16H,13-14H2,1-2H3,(H,26,27);2-7,10,13,23H,8-9,11-12H2,1H3;2-8,11H,9-10H2,1H3,(H3,19,20,21)/t2*16-;13-;11-/m1111/s1. The van der Waals surface area contributed by atoms with Crippen molar-refractivity contribution in [3.05, 3.63) is 298 Å². The number of aryl methyl sites for hydroxylation is 1. The number of amides is 4. The van der Waals surface area contributed by atoms with E-state index < -0.39 is 0 Å². The van der Waals surface area contributed by atoms with Gasteiger partial charge in [0, 0.05) is 89.6 Å². The number of thiazole rings is 1. The van der Waals surface area contributed by atoms with E-state index in [-0.39, 0.29) is 54.4 Å². The number of aliphatic hydroxyl groups excluding tert-OH is 1. The third-order valence-corrected chi connectivity index (χ3v) is 23.3. The molecule has 19 nitrogen and oxygen atoms in total. The molecule has 538 valence electrons. The lowest BCUT2D eigenvalue weighted by molar-refractivity contribution is -0.135. The zero-order valence-electron chi connectivity index (χ0n) is 60.7. The highest BCUT2D eigenvalue weighted by atomic mass is 32.1. The lowest BCUT2D eigenvalue weighted by Crippen LogP contribution is -2.38. The maximum Gasteiger partial charge on any atom is 0.227 e. The second-order valence-corrected chi connectivity index (χ2v) is 29.8. The Labute approximate surface area is 625 Å². The number of nitrogens with zero attached hydrogens (tertiary/aromatic N) is 11. The maximum absolute atomic E-state index is 13.0. The Hall–Kier alpha value is -11.7. The fourth-order valence-corrected chi connectivity index (χ4v) is 17.1. The van der Waals surface area contributed by atoms with Gasteiger partial charge in [0.25, 0.3) is 0 Å². The van der Waals surface area contributed by atoms with Gasteiger partial charge in [0.15, 0.2) is 5.82 Å². The quantitative estimate of drug-likeness (QED) is 0.100. The van der Waals surface area contributed by atoms with Gasteiger partial charge in [-0.2, -0.15) is 10.2 Å². The van der Waals surface area contributed by atoms with Gasteiger partial charge in [-0.05, 0) is 161 Å². The van der Waals surface area contributed by atoms with Crippen LogP contribution in [0.25, 0.3) is 33.1 Å².